The SMILES string of the molecule is Nc1nnc(-c2cccs2)s1.[Cu]. The molecule has 0 aliphatic rings. The fourth-order valence-electron chi connectivity index (χ4n) is 0.734. The summed E-state index contributed by atoms with van der Waals surface area (Å²) in [6, 6.07) is 3.99. The number of hydrogen-bond donors (Lipinski definition) is 1. The van der Waals surface area contributed by atoms with Gasteiger partial charge in [-0.3, -0.25) is 0 Å². The Labute approximate surface area is 88.1 Å². The van der Waals surface area contributed by atoms with E-state index < -0.39 is 0 Å². The zero-order valence-electron chi connectivity index (χ0n) is 5.82. The molecule has 6 heteroatoms. The minimum atomic E-state index is 0. The van der Waals surface area contributed by atoms with Gasteiger partial charge >= 0.3 is 0 Å². The molecule has 0 amide bonds. The summed E-state index contributed by atoms with van der Waals surface area (Å²) < 4.78 is 0. The maximum Gasteiger partial charge on any atom is 0.203 e. The van der Waals surface area contributed by atoms with Crippen LogP contribution in [-0.4, -0.2) is 10.2 Å². The summed E-state index contributed by atoms with van der Waals surface area (Å²) in [6.45, 7) is 0. The van der Waals surface area contributed by atoms with Crippen LogP contribution < -0.4 is 5.73 Å². The molecule has 0 unspecified atom stereocenters. The van der Waals surface area contributed by atoms with Gasteiger partial charge in [-0.05, 0) is 11.4 Å². The van der Waals surface area contributed by atoms with E-state index in [1.165, 1.54) is 11.3 Å². The Hall–Kier alpha value is -0.421. The van der Waals surface area contributed by atoms with Crippen molar-refractivity contribution in [2.75, 3.05) is 5.73 Å². The first kappa shape index (κ1) is 9.67. The molecule has 0 saturated carbocycles. The van der Waals surface area contributed by atoms with Gasteiger partial charge in [0.1, 0.15) is 0 Å². The van der Waals surface area contributed by atoms with Crippen LogP contribution in [0.25, 0.3) is 9.88 Å². The van der Waals surface area contributed by atoms with Crippen LogP contribution in [0.5, 0.6) is 0 Å². The smallest absolute Gasteiger partial charge is 0.203 e. The number of nitrogens with zero attached hydrogens (tertiary/aromatic N) is 2. The number of nitrogens with two attached hydrogens (primary N) is 1. The maximum atomic E-state index is 5.43. The van der Waals surface area contributed by atoms with E-state index in [0.29, 0.717) is 5.13 Å². The number of hydrogen-bond acceptors (Lipinski definition) is 5. The van der Waals surface area contributed by atoms with E-state index in [0.717, 1.165) is 9.88 Å². The second kappa shape index (κ2) is 4.00. The molecule has 0 aliphatic heterocycles. The Kier molecular flexibility index (Phi) is 3.22. The topological polar surface area (TPSA) is 51.8 Å². The molecule has 0 saturated heterocycles. The van der Waals surface area contributed by atoms with Crippen molar-refractivity contribution in [3.63, 3.8) is 0 Å². The zero-order chi connectivity index (χ0) is 7.68. The molecule has 0 aliphatic carbocycles. The molecule has 0 atom stereocenters. The van der Waals surface area contributed by atoms with Gasteiger partial charge in [0.15, 0.2) is 5.01 Å². The summed E-state index contributed by atoms with van der Waals surface area (Å²) in [5, 5.41) is 11.1. The molecule has 0 aromatic carbocycles. The van der Waals surface area contributed by atoms with Crippen LogP contribution in [0.15, 0.2) is 17.5 Å². The number of thiophene rings is 1. The standard InChI is InChI=1S/C6H5N3S2.Cu/c7-6-9-8-5(11-6)4-2-1-3-10-4;/h1-3H,(H2,7,9);. The van der Waals surface area contributed by atoms with E-state index in [2.05, 4.69) is 10.2 Å². The third-order valence-electron chi connectivity index (χ3n) is 1.17. The molecule has 1 radical (unpaired) electrons. The minimum Gasteiger partial charge on any atom is -0.374 e. The van der Waals surface area contributed by atoms with Crippen molar-refractivity contribution in [1.82, 2.24) is 10.2 Å². The first-order chi connectivity index (χ1) is 5.36. The van der Waals surface area contributed by atoms with Crippen molar-refractivity contribution >= 4 is 27.8 Å². The van der Waals surface area contributed by atoms with Gasteiger partial charge in [-0.15, -0.1) is 21.5 Å². The normalized spacial score (nSPS) is 9.33. The molecule has 2 aromatic rings. The van der Waals surface area contributed by atoms with Gasteiger partial charge in [-0.25, -0.2) is 0 Å². The minimum absolute atomic E-state index is 0. The molecular weight excluding hydrogens is 242 g/mol. The van der Waals surface area contributed by atoms with E-state index in [4.69, 9.17) is 5.73 Å². The largest absolute Gasteiger partial charge is 0.374 e. The number of nitrogen functional groups attached to an aromatic ring is 1. The molecule has 2 heterocycles. The van der Waals surface area contributed by atoms with E-state index in [-0.39, 0.29) is 17.1 Å². The summed E-state index contributed by atoms with van der Waals surface area (Å²) in [7, 11) is 0. The number of aromatic nitrogens is 2. The van der Waals surface area contributed by atoms with Gasteiger partial charge in [-0.2, -0.15) is 0 Å². The maximum absolute atomic E-state index is 5.43. The predicted molar refractivity (Wildman–Crippen MR) is 47.6 cm³/mol. The average Bonchev–Trinajstić information content (AvgIpc) is 2.55. The van der Waals surface area contributed by atoms with Gasteiger partial charge in [0.25, 0.3) is 0 Å². The third kappa shape index (κ3) is 1.84. The van der Waals surface area contributed by atoms with E-state index in [9.17, 15) is 0 Å². The van der Waals surface area contributed by atoms with Crippen molar-refractivity contribution in [3.05, 3.63) is 17.5 Å². The molecule has 67 valence electrons. The summed E-state index contributed by atoms with van der Waals surface area (Å²) in [4.78, 5) is 1.12. The Morgan fingerprint density at radius 3 is 2.67 bits per heavy atom. The molecule has 0 spiro atoms. The first-order valence-electron chi connectivity index (χ1n) is 2.99. The Morgan fingerprint density at radius 2 is 2.17 bits per heavy atom. The number of rotatable bonds is 1. The average molecular weight is 247 g/mol. The first-order valence-corrected chi connectivity index (χ1v) is 4.69. The van der Waals surface area contributed by atoms with E-state index in [1.54, 1.807) is 11.3 Å². The monoisotopic (exact) mass is 246 g/mol. The molecular formula is C6H5CuN3S2. The van der Waals surface area contributed by atoms with Crippen LogP contribution in [0.2, 0.25) is 0 Å². The fraction of sp³-hybridized carbons (Fsp3) is 0. The van der Waals surface area contributed by atoms with Crippen LogP contribution in [0, 0.1) is 0 Å². The van der Waals surface area contributed by atoms with Crippen molar-refractivity contribution < 1.29 is 17.1 Å². The van der Waals surface area contributed by atoms with Gasteiger partial charge in [-0.1, -0.05) is 17.4 Å². The van der Waals surface area contributed by atoms with Crippen molar-refractivity contribution in [1.29, 1.82) is 0 Å². The van der Waals surface area contributed by atoms with Gasteiger partial charge in [0, 0.05) is 17.1 Å². The second-order valence-electron chi connectivity index (χ2n) is 1.92. The van der Waals surface area contributed by atoms with Crippen LogP contribution in [0.3, 0.4) is 0 Å². The van der Waals surface area contributed by atoms with Crippen molar-refractivity contribution in [2.24, 2.45) is 0 Å². The third-order valence-corrected chi connectivity index (χ3v) is 2.96. The predicted octanol–water partition coefficient (Wildman–Crippen LogP) is 1.85. The zero-order valence-corrected chi connectivity index (χ0v) is 8.40. The van der Waals surface area contributed by atoms with Crippen LogP contribution in [-0.2, 0) is 17.1 Å². The van der Waals surface area contributed by atoms with Crippen molar-refractivity contribution in [3.8, 4) is 9.88 Å². The van der Waals surface area contributed by atoms with E-state index in [1.807, 2.05) is 17.5 Å². The van der Waals surface area contributed by atoms with Crippen LogP contribution in [0.4, 0.5) is 5.13 Å². The molecule has 2 aromatic heterocycles. The van der Waals surface area contributed by atoms with Crippen molar-refractivity contribution in [2.45, 2.75) is 0 Å². The Bertz CT molecular complexity index is 343. The molecule has 2 rings (SSSR count). The summed E-state index contributed by atoms with van der Waals surface area (Å²) in [6.07, 6.45) is 0. The Morgan fingerprint density at radius 1 is 1.33 bits per heavy atom. The van der Waals surface area contributed by atoms with E-state index >= 15 is 0 Å². The second-order valence-corrected chi connectivity index (χ2v) is 3.88. The molecule has 0 bridgehead atoms. The van der Waals surface area contributed by atoms with Gasteiger partial charge in [0.05, 0.1) is 4.88 Å². The molecule has 0 fully saturated rings. The summed E-state index contributed by atoms with van der Waals surface area (Å²) in [5.74, 6) is 0. The summed E-state index contributed by atoms with van der Waals surface area (Å²) in [5.41, 5.74) is 5.43. The van der Waals surface area contributed by atoms with Crippen LogP contribution >= 0.6 is 22.7 Å². The Balaban J connectivity index is 0.000000720. The molecule has 12 heavy (non-hydrogen) atoms. The fourth-order valence-corrected chi connectivity index (χ4v) is 2.14. The quantitative estimate of drug-likeness (QED) is 0.782. The summed E-state index contributed by atoms with van der Waals surface area (Å²) >= 11 is 3.05. The van der Waals surface area contributed by atoms with Crippen LogP contribution in [0.1, 0.15) is 0 Å². The molecule has 2 N–H and O–H groups in total. The van der Waals surface area contributed by atoms with Gasteiger partial charge in [0.2, 0.25) is 5.13 Å². The molecule has 3 nitrogen and oxygen atoms in total. The number of anilines is 1. The van der Waals surface area contributed by atoms with Gasteiger partial charge < -0.3 is 5.73 Å².